The van der Waals surface area contributed by atoms with Gasteiger partial charge in [0.25, 0.3) is 0 Å². The zero-order valence-electron chi connectivity index (χ0n) is 13.0. The second-order valence-electron chi connectivity index (χ2n) is 7.28. The van der Waals surface area contributed by atoms with Crippen molar-refractivity contribution in [3.8, 4) is 12.3 Å². The van der Waals surface area contributed by atoms with E-state index in [1.807, 2.05) is 6.92 Å². The van der Waals surface area contributed by atoms with Gasteiger partial charge in [0, 0.05) is 11.5 Å². The second kappa shape index (κ2) is 4.77. The minimum Gasteiger partial charge on any atom is -0.515 e. The molecule has 0 aliphatic heterocycles. The van der Waals surface area contributed by atoms with E-state index in [2.05, 4.69) is 18.9 Å². The molecule has 3 aliphatic carbocycles. The summed E-state index contributed by atoms with van der Waals surface area (Å²) in [6, 6.07) is 0. The number of fused-ring (bicyclic) bond motifs is 3. The number of carbonyl (C=O) groups excluding carboxylic acids is 1. The molecule has 0 spiro atoms. The zero-order valence-corrected chi connectivity index (χ0v) is 13.0. The lowest BCUT2D eigenvalue weighted by Crippen LogP contribution is -2.51. The highest BCUT2D eigenvalue weighted by Crippen LogP contribution is 2.63. The Hall–Kier alpha value is -1.49. The molecule has 112 valence electrons. The number of Topliss-reactive ketones (excluding diaryl/α,β-unsaturated/α-hetero) is 1. The van der Waals surface area contributed by atoms with Crippen LogP contribution < -0.4 is 0 Å². The van der Waals surface area contributed by atoms with Crippen LogP contribution in [-0.4, -0.2) is 10.9 Å². The lowest BCUT2D eigenvalue weighted by molar-refractivity contribution is -0.126. The molecule has 2 fully saturated rings. The van der Waals surface area contributed by atoms with Crippen LogP contribution in [0.4, 0.5) is 0 Å². The highest BCUT2D eigenvalue weighted by Gasteiger charge is 2.56. The topological polar surface area (TPSA) is 37.3 Å². The summed E-state index contributed by atoms with van der Waals surface area (Å²) in [5.74, 6) is 3.54. The van der Waals surface area contributed by atoms with Gasteiger partial charge < -0.3 is 5.11 Å². The zero-order chi connectivity index (χ0) is 15.3. The maximum Gasteiger partial charge on any atom is 0.165 e. The van der Waals surface area contributed by atoms with Gasteiger partial charge in [-0.1, -0.05) is 25.8 Å². The molecule has 21 heavy (non-hydrogen) atoms. The summed E-state index contributed by atoms with van der Waals surface area (Å²) in [5.41, 5.74) is 1.76. The Balaban J connectivity index is 2.11. The number of allylic oxidation sites excluding steroid dienone is 3. The van der Waals surface area contributed by atoms with Crippen LogP contribution in [0.1, 0.15) is 52.4 Å². The first-order valence-corrected chi connectivity index (χ1v) is 8.05. The average molecular weight is 284 g/mol. The fourth-order valence-corrected chi connectivity index (χ4v) is 5.26. The summed E-state index contributed by atoms with van der Waals surface area (Å²) >= 11 is 0. The first kappa shape index (κ1) is 14.4. The Bertz CT molecular complexity index is 577. The smallest absolute Gasteiger partial charge is 0.165 e. The molecule has 0 heterocycles. The quantitative estimate of drug-likeness (QED) is 0.313. The molecule has 0 aromatic heterocycles. The Morgan fingerprint density at radius 2 is 2.24 bits per heavy atom. The highest BCUT2D eigenvalue weighted by molar-refractivity contribution is 5.98. The highest BCUT2D eigenvalue weighted by atomic mass is 16.2. The third-order valence-electron chi connectivity index (χ3n) is 6.31. The number of ketones is 1. The number of aliphatic hydroxyl groups is 1. The van der Waals surface area contributed by atoms with Gasteiger partial charge in [0.15, 0.2) is 5.78 Å². The molecule has 2 saturated carbocycles. The molecule has 3 aliphatic rings. The lowest BCUT2D eigenvalue weighted by atomic mass is 9.46. The average Bonchev–Trinajstić information content (AvgIpc) is 2.51. The molecule has 3 rings (SSSR count). The van der Waals surface area contributed by atoms with E-state index in [0.717, 1.165) is 38.4 Å². The molecule has 0 amide bonds. The van der Waals surface area contributed by atoms with Crippen molar-refractivity contribution < 1.29 is 9.90 Å². The molecular weight excluding hydrogens is 260 g/mol. The third kappa shape index (κ3) is 1.83. The van der Waals surface area contributed by atoms with Gasteiger partial charge in [-0.3, -0.25) is 4.79 Å². The number of terminal acetylenes is 1. The van der Waals surface area contributed by atoms with Gasteiger partial charge in [-0.05, 0) is 55.4 Å². The molecule has 2 heteroatoms. The van der Waals surface area contributed by atoms with E-state index in [0.29, 0.717) is 17.9 Å². The Kier molecular flexibility index (Phi) is 3.28. The van der Waals surface area contributed by atoms with Crippen LogP contribution in [0.5, 0.6) is 0 Å². The second-order valence-corrected chi connectivity index (χ2v) is 7.28. The van der Waals surface area contributed by atoms with Crippen LogP contribution in [-0.2, 0) is 4.79 Å². The summed E-state index contributed by atoms with van der Waals surface area (Å²) in [6.07, 6.45) is 15.3. The predicted molar refractivity (Wildman–Crippen MR) is 83.5 cm³/mol. The summed E-state index contributed by atoms with van der Waals surface area (Å²) < 4.78 is 0. The summed E-state index contributed by atoms with van der Waals surface area (Å²) in [5, 5.41) is 9.46. The van der Waals surface area contributed by atoms with Crippen molar-refractivity contribution in [1.82, 2.24) is 0 Å². The first-order valence-electron chi connectivity index (χ1n) is 8.05. The molecular formula is C19H24O2. The van der Waals surface area contributed by atoms with E-state index in [1.165, 1.54) is 5.57 Å². The van der Waals surface area contributed by atoms with Gasteiger partial charge in [-0.15, -0.1) is 6.42 Å². The molecule has 0 radical (unpaired) electrons. The third-order valence-corrected chi connectivity index (χ3v) is 6.31. The van der Waals surface area contributed by atoms with Gasteiger partial charge in [-0.25, -0.2) is 0 Å². The normalized spacial score (nSPS) is 44.5. The Labute approximate surface area is 127 Å². The molecule has 1 N–H and O–H groups in total. The fourth-order valence-electron chi connectivity index (χ4n) is 5.26. The van der Waals surface area contributed by atoms with Crippen molar-refractivity contribution in [2.75, 3.05) is 0 Å². The maximum absolute atomic E-state index is 12.4. The summed E-state index contributed by atoms with van der Waals surface area (Å²) in [4.78, 5) is 12.4. The lowest BCUT2D eigenvalue weighted by Gasteiger charge is -2.56. The fraction of sp³-hybridized carbons (Fsp3) is 0.632. The number of hydrogen-bond acceptors (Lipinski definition) is 2. The number of hydrogen-bond donors (Lipinski definition) is 1. The van der Waals surface area contributed by atoms with Gasteiger partial charge in [0.1, 0.15) is 0 Å². The van der Waals surface area contributed by atoms with E-state index in [9.17, 15) is 9.90 Å². The molecule has 0 saturated heterocycles. The molecule has 4 atom stereocenters. The van der Waals surface area contributed by atoms with Crippen molar-refractivity contribution in [2.24, 2.45) is 22.7 Å². The van der Waals surface area contributed by atoms with Crippen LogP contribution in [0.15, 0.2) is 23.5 Å². The van der Waals surface area contributed by atoms with Crippen LogP contribution in [0.3, 0.4) is 0 Å². The molecule has 0 aromatic carbocycles. The van der Waals surface area contributed by atoms with E-state index in [4.69, 9.17) is 6.42 Å². The standard InChI is InChI=1S/C19H24O2/c1-4-19-9-6-5-7-16(19)18(3)11-14(12-20)17(21)13(2)15(18)8-10-19/h1,7,12-13,15,20H,5-6,8-11H2,2-3H3/b14-12-. The Morgan fingerprint density at radius 3 is 2.90 bits per heavy atom. The largest absolute Gasteiger partial charge is 0.515 e. The molecule has 0 bridgehead atoms. The van der Waals surface area contributed by atoms with Crippen molar-refractivity contribution in [1.29, 1.82) is 0 Å². The molecule has 0 aromatic rings. The van der Waals surface area contributed by atoms with Crippen molar-refractivity contribution in [2.45, 2.75) is 52.4 Å². The number of carbonyl (C=O) groups is 1. The summed E-state index contributed by atoms with van der Waals surface area (Å²) in [7, 11) is 0. The van der Waals surface area contributed by atoms with Crippen LogP contribution in [0, 0.1) is 35.0 Å². The number of aliphatic hydroxyl groups excluding tert-OH is 1. The van der Waals surface area contributed by atoms with Crippen molar-refractivity contribution in [3.63, 3.8) is 0 Å². The van der Waals surface area contributed by atoms with E-state index in [1.54, 1.807) is 0 Å². The van der Waals surface area contributed by atoms with Crippen LogP contribution >= 0.6 is 0 Å². The maximum atomic E-state index is 12.4. The van der Waals surface area contributed by atoms with Crippen LogP contribution in [0.2, 0.25) is 0 Å². The summed E-state index contributed by atoms with van der Waals surface area (Å²) in [6.45, 7) is 4.27. The van der Waals surface area contributed by atoms with Crippen molar-refractivity contribution in [3.05, 3.63) is 23.5 Å². The Morgan fingerprint density at radius 1 is 1.48 bits per heavy atom. The van der Waals surface area contributed by atoms with E-state index in [-0.39, 0.29) is 22.5 Å². The first-order chi connectivity index (χ1) is 9.98. The van der Waals surface area contributed by atoms with Gasteiger partial charge in [0.05, 0.1) is 11.7 Å². The van der Waals surface area contributed by atoms with E-state index < -0.39 is 0 Å². The van der Waals surface area contributed by atoms with Gasteiger partial charge in [0.2, 0.25) is 0 Å². The minimum atomic E-state index is -0.107. The van der Waals surface area contributed by atoms with Gasteiger partial charge in [-0.2, -0.15) is 0 Å². The molecule has 2 nitrogen and oxygen atoms in total. The van der Waals surface area contributed by atoms with Crippen molar-refractivity contribution >= 4 is 5.78 Å². The molecule has 4 unspecified atom stereocenters. The minimum absolute atomic E-state index is 0.0271. The SMILES string of the molecule is C#CC12CCCC=C1C1(C)C/C(=C/O)C(=O)C(C)C1CC2. The predicted octanol–water partition coefficient (Wildman–Crippen LogP) is 4.18. The van der Waals surface area contributed by atoms with Gasteiger partial charge >= 0.3 is 0 Å². The van der Waals surface area contributed by atoms with E-state index >= 15 is 0 Å². The monoisotopic (exact) mass is 284 g/mol. The van der Waals surface area contributed by atoms with Crippen LogP contribution in [0.25, 0.3) is 0 Å². The number of rotatable bonds is 0.